The Balaban J connectivity index is 1.60. The Labute approximate surface area is 144 Å². The first kappa shape index (κ1) is 15.5. The van der Waals surface area contributed by atoms with Crippen LogP contribution < -0.4 is 0 Å². The van der Waals surface area contributed by atoms with Gasteiger partial charge in [-0.2, -0.15) is 5.21 Å². The largest absolute Gasteiger partial charge is 0.338 e. The lowest BCUT2D eigenvalue weighted by Crippen LogP contribution is -2.39. The summed E-state index contributed by atoms with van der Waals surface area (Å²) >= 11 is 0. The number of rotatable bonds is 3. The molecule has 3 heterocycles. The molecule has 1 aliphatic rings. The minimum atomic E-state index is -0.000640. The van der Waals surface area contributed by atoms with Crippen molar-refractivity contribution < 1.29 is 4.79 Å². The van der Waals surface area contributed by atoms with Crippen molar-refractivity contribution in [3.05, 3.63) is 48.0 Å². The maximum atomic E-state index is 13.1. The molecular weight excluding hydrogens is 318 g/mol. The van der Waals surface area contributed by atoms with E-state index in [0.717, 1.165) is 25.2 Å². The predicted molar refractivity (Wildman–Crippen MR) is 90.7 cm³/mol. The highest BCUT2D eigenvalue weighted by Crippen LogP contribution is 2.28. The van der Waals surface area contributed by atoms with Crippen LogP contribution in [0.4, 0.5) is 0 Å². The number of hydrogen-bond donors (Lipinski definition) is 1. The second-order valence-electron chi connectivity index (χ2n) is 6.27. The summed E-state index contributed by atoms with van der Waals surface area (Å²) in [4.78, 5) is 19.5. The van der Waals surface area contributed by atoms with Crippen LogP contribution in [0.15, 0.2) is 36.7 Å². The molecule has 1 aromatic carbocycles. The number of aryl methyl sites for hydroxylation is 1. The first-order valence-electron chi connectivity index (χ1n) is 8.33. The van der Waals surface area contributed by atoms with Crippen molar-refractivity contribution in [2.24, 2.45) is 7.05 Å². The maximum absolute atomic E-state index is 13.1. The number of aromatic nitrogens is 6. The molecule has 8 heteroatoms. The van der Waals surface area contributed by atoms with Gasteiger partial charge in [-0.3, -0.25) is 4.79 Å². The van der Waals surface area contributed by atoms with Gasteiger partial charge in [0.15, 0.2) is 0 Å². The lowest BCUT2D eigenvalue weighted by molar-refractivity contribution is 0.0704. The summed E-state index contributed by atoms with van der Waals surface area (Å²) in [5, 5.41) is 14.1. The average Bonchev–Trinajstić information content (AvgIpc) is 3.33. The van der Waals surface area contributed by atoms with E-state index >= 15 is 0 Å². The summed E-state index contributed by atoms with van der Waals surface area (Å²) in [7, 11) is 1.99. The highest BCUT2D eigenvalue weighted by atomic mass is 16.2. The number of piperidine rings is 1. The Morgan fingerprint density at radius 3 is 2.96 bits per heavy atom. The van der Waals surface area contributed by atoms with Crippen LogP contribution in [0.25, 0.3) is 11.4 Å². The fourth-order valence-electron chi connectivity index (χ4n) is 3.45. The van der Waals surface area contributed by atoms with Crippen LogP contribution in [-0.4, -0.2) is 54.1 Å². The molecule has 0 spiro atoms. The van der Waals surface area contributed by atoms with Crippen LogP contribution in [0.2, 0.25) is 0 Å². The lowest BCUT2D eigenvalue weighted by atomic mass is 9.95. The van der Waals surface area contributed by atoms with Crippen molar-refractivity contribution in [3.63, 3.8) is 0 Å². The molecule has 1 aliphatic heterocycles. The quantitative estimate of drug-likeness (QED) is 0.784. The molecule has 0 aliphatic carbocycles. The van der Waals surface area contributed by atoms with Crippen LogP contribution in [0, 0.1) is 0 Å². The van der Waals surface area contributed by atoms with Gasteiger partial charge >= 0.3 is 0 Å². The smallest absolute Gasteiger partial charge is 0.254 e. The van der Waals surface area contributed by atoms with Crippen molar-refractivity contribution in [1.29, 1.82) is 0 Å². The zero-order valence-electron chi connectivity index (χ0n) is 14.0. The van der Waals surface area contributed by atoms with E-state index in [4.69, 9.17) is 0 Å². The fraction of sp³-hybridized carbons (Fsp3) is 0.353. The van der Waals surface area contributed by atoms with Crippen LogP contribution in [0.1, 0.15) is 34.9 Å². The number of hydrogen-bond acceptors (Lipinski definition) is 5. The average molecular weight is 337 g/mol. The number of tetrazole rings is 1. The maximum Gasteiger partial charge on any atom is 0.254 e. The van der Waals surface area contributed by atoms with Crippen molar-refractivity contribution in [1.82, 2.24) is 35.1 Å². The highest BCUT2D eigenvalue weighted by molar-refractivity contribution is 6.00. The molecule has 25 heavy (non-hydrogen) atoms. The van der Waals surface area contributed by atoms with Gasteiger partial charge in [-0.25, -0.2) is 4.98 Å². The number of carbonyl (C=O) groups excluding carboxylic acids is 1. The Morgan fingerprint density at radius 2 is 2.20 bits per heavy atom. The summed E-state index contributed by atoms with van der Waals surface area (Å²) in [6.45, 7) is 1.42. The number of likely N-dealkylation sites (tertiary alicyclic amines) is 1. The predicted octanol–water partition coefficient (Wildman–Crippen LogP) is 1.62. The van der Waals surface area contributed by atoms with Gasteiger partial charge in [0.1, 0.15) is 5.82 Å². The van der Waals surface area contributed by atoms with Gasteiger partial charge in [0.25, 0.3) is 5.91 Å². The number of imidazole rings is 1. The molecule has 1 atom stereocenters. The van der Waals surface area contributed by atoms with Crippen LogP contribution in [-0.2, 0) is 7.05 Å². The summed E-state index contributed by atoms with van der Waals surface area (Å²) < 4.78 is 2.03. The molecule has 0 radical (unpaired) electrons. The zero-order valence-corrected chi connectivity index (χ0v) is 14.0. The SMILES string of the molecule is Cn1ccnc1[C@H]1CCCN(C(=O)c2ccccc2-c2nn[nH]n2)C1. The molecule has 3 aromatic rings. The normalized spacial score (nSPS) is 17.6. The molecule has 1 amide bonds. The Hall–Kier alpha value is -3.03. The third kappa shape index (κ3) is 2.90. The van der Waals surface area contributed by atoms with Crippen molar-refractivity contribution in [2.45, 2.75) is 18.8 Å². The number of amides is 1. The number of nitrogens with zero attached hydrogens (tertiary/aromatic N) is 6. The zero-order chi connectivity index (χ0) is 17.2. The first-order valence-corrected chi connectivity index (χ1v) is 8.33. The third-order valence-electron chi connectivity index (χ3n) is 4.68. The van der Waals surface area contributed by atoms with Crippen LogP contribution >= 0.6 is 0 Å². The molecule has 8 nitrogen and oxygen atoms in total. The van der Waals surface area contributed by atoms with Gasteiger partial charge in [0.2, 0.25) is 5.82 Å². The topological polar surface area (TPSA) is 92.6 Å². The molecule has 0 unspecified atom stereocenters. The summed E-state index contributed by atoms with van der Waals surface area (Å²) in [5.74, 6) is 1.72. The molecule has 0 saturated carbocycles. The Kier molecular flexibility index (Phi) is 4.01. The number of aromatic amines is 1. The number of H-pyrrole nitrogens is 1. The second kappa shape index (κ2) is 6.46. The van der Waals surface area contributed by atoms with Gasteiger partial charge in [-0.1, -0.05) is 18.2 Å². The lowest BCUT2D eigenvalue weighted by Gasteiger charge is -2.32. The number of nitrogens with one attached hydrogen (secondary N) is 1. The monoisotopic (exact) mass is 337 g/mol. The van der Waals surface area contributed by atoms with E-state index < -0.39 is 0 Å². The standard InChI is InChI=1S/C17H19N7O/c1-23-10-8-18-16(23)12-5-4-9-24(11-12)17(25)14-7-3-2-6-13(14)15-19-21-22-20-15/h2-3,6-8,10,12H,4-5,9,11H2,1H3,(H,19,20,21,22)/t12-/m0/s1. The van der Waals surface area contributed by atoms with E-state index in [1.807, 2.05) is 53.2 Å². The van der Waals surface area contributed by atoms with Crippen molar-refractivity contribution in [3.8, 4) is 11.4 Å². The van der Waals surface area contributed by atoms with Crippen LogP contribution in [0.5, 0.6) is 0 Å². The van der Waals surface area contributed by atoms with Gasteiger partial charge < -0.3 is 9.47 Å². The van der Waals surface area contributed by atoms with Gasteiger partial charge in [0, 0.05) is 44.0 Å². The van der Waals surface area contributed by atoms with Crippen molar-refractivity contribution >= 4 is 5.91 Å². The molecule has 128 valence electrons. The molecule has 1 N–H and O–H groups in total. The minimum Gasteiger partial charge on any atom is -0.338 e. The van der Waals surface area contributed by atoms with Crippen LogP contribution in [0.3, 0.4) is 0 Å². The number of benzene rings is 1. The van der Waals surface area contributed by atoms with E-state index in [2.05, 4.69) is 25.6 Å². The second-order valence-corrected chi connectivity index (χ2v) is 6.27. The first-order chi connectivity index (χ1) is 12.2. The molecule has 4 rings (SSSR count). The fourth-order valence-corrected chi connectivity index (χ4v) is 3.45. The molecule has 2 aromatic heterocycles. The molecule has 0 bridgehead atoms. The van der Waals surface area contributed by atoms with E-state index in [9.17, 15) is 4.79 Å². The van der Waals surface area contributed by atoms with Gasteiger partial charge in [-0.05, 0) is 24.1 Å². The Morgan fingerprint density at radius 1 is 1.32 bits per heavy atom. The van der Waals surface area contributed by atoms with Gasteiger partial charge in [0.05, 0.1) is 5.56 Å². The van der Waals surface area contributed by atoms with E-state index in [1.165, 1.54) is 0 Å². The van der Waals surface area contributed by atoms with E-state index in [0.29, 0.717) is 23.5 Å². The molecular formula is C17H19N7O. The van der Waals surface area contributed by atoms with Gasteiger partial charge in [-0.15, -0.1) is 10.2 Å². The van der Waals surface area contributed by atoms with E-state index in [-0.39, 0.29) is 11.8 Å². The Bertz CT molecular complexity index is 871. The summed E-state index contributed by atoms with van der Waals surface area (Å²) in [6.07, 6.45) is 5.76. The summed E-state index contributed by atoms with van der Waals surface area (Å²) in [5.41, 5.74) is 1.30. The van der Waals surface area contributed by atoms with Crippen molar-refractivity contribution in [2.75, 3.05) is 13.1 Å². The highest BCUT2D eigenvalue weighted by Gasteiger charge is 2.29. The molecule has 1 saturated heterocycles. The minimum absolute atomic E-state index is 0.000640. The van der Waals surface area contributed by atoms with E-state index in [1.54, 1.807) is 0 Å². The summed E-state index contributed by atoms with van der Waals surface area (Å²) in [6, 6.07) is 7.39. The third-order valence-corrected chi connectivity index (χ3v) is 4.68. The number of carbonyl (C=O) groups is 1. The molecule has 1 fully saturated rings.